The van der Waals surface area contributed by atoms with Gasteiger partial charge in [0, 0.05) is 19.3 Å². The molecule has 0 saturated heterocycles. The Hall–Kier alpha value is -1.59. The highest BCUT2D eigenvalue weighted by Crippen LogP contribution is 2.18. The molecular weight excluding hydrogens is 793 g/mol. The number of hydrogen-bond acceptors (Lipinski definition) is 6. The third-order valence-corrected chi connectivity index (χ3v) is 13.2. The van der Waals surface area contributed by atoms with Crippen molar-refractivity contribution in [3.8, 4) is 0 Å². The first-order valence-corrected chi connectivity index (χ1v) is 28.7. The van der Waals surface area contributed by atoms with Crippen LogP contribution in [0.1, 0.15) is 324 Å². The summed E-state index contributed by atoms with van der Waals surface area (Å²) >= 11 is 0. The zero-order valence-corrected chi connectivity index (χ0v) is 43.9. The second-order valence-corrected chi connectivity index (χ2v) is 20.9. The second kappa shape index (κ2) is 50.8. The molecule has 0 aliphatic heterocycles. The lowest BCUT2D eigenvalue weighted by molar-refractivity contribution is -0.167. The normalized spacial score (nSPS) is 12.0. The standard InChI is InChI=1S/C58H112O6/c1-6-7-8-9-10-11-12-13-14-15-18-24-30-35-40-45-50-58(61)64-55(52-63-57(60)49-44-39-34-29-25-20-22-27-32-37-42-47-54(4)5)51-62-56(59)48-43-38-33-28-23-19-16-17-21-26-31-36-41-46-53(2)3/h53-55H,6-52H2,1-5H3/t55-/m0/s1. The molecule has 0 bridgehead atoms. The zero-order chi connectivity index (χ0) is 46.8. The Balaban J connectivity index is 4.30. The molecule has 6 heteroatoms. The number of carbonyl (C=O) groups is 3. The summed E-state index contributed by atoms with van der Waals surface area (Å²) in [4.78, 5) is 38.1. The predicted octanol–water partition coefficient (Wildman–Crippen LogP) is 18.9. The van der Waals surface area contributed by atoms with E-state index in [0.29, 0.717) is 19.3 Å². The summed E-state index contributed by atoms with van der Waals surface area (Å²) < 4.78 is 16.9. The number of esters is 3. The quantitative estimate of drug-likeness (QED) is 0.0344. The maximum Gasteiger partial charge on any atom is 0.306 e. The van der Waals surface area contributed by atoms with Gasteiger partial charge >= 0.3 is 17.9 Å². The Morgan fingerprint density at radius 3 is 0.766 bits per heavy atom. The van der Waals surface area contributed by atoms with E-state index in [-0.39, 0.29) is 31.1 Å². The molecule has 0 N–H and O–H groups in total. The first kappa shape index (κ1) is 62.4. The second-order valence-electron chi connectivity index (χ2n) is 20.9. The molecule has 380 valence electrons. The van der Waals surface area contributed by atoms with Gasteiger partial charge in [0.05, 0.1) is 0 Å². The van der Waals surface area contributed by atoms with E-state index in [1.807, 2.05) is 0 Å². The Labute approximate surface area is 399 Å². The largest absolute Gasteiger partial charge is 0.462 e. The molecule has 0 aromatic carbocycles. The van der Waals surface area contributed by atoms with Crippen LogP contribution < -0.4 is 0 Å². The fourth-order valence-corrected chi connectivity index (χ4v) is 8.87. The van der Waals surface area contributed by atoms with E-state index in [2.05, 4.69) is 34.6 Å². The molecule has 0 aliphatic rings. The minimum Gasteiger partial charge on any atom is -0.462 e. The van der Waals surface area contributed by atoms with E-state index >= 15 is 0 Å². The minimum atomic E-state index is -0.762. The zero-order valence-electron chi connectivity index (χ0n) is 43.9. The molecule has 0 unspecified atom stereocenters. The molecule has 0 spiro atoms. The summed E-state index contributed by atoms with van der Waals surface area (Å²) in [5.41, 5.74) is 0. The van der Waals surface area contributed by atoms with E-state index in [0.717, 1.165) is 69.6 Å². The van der Waals surface area contributed by atoms with Gasteiger partial charge in [-0.15, -0.1) is 0 Å². The van der Waals surface area contributed by atoms with Gasteiger partial charge in [-0.1, -0.05) is 285 Å². The smallest absolute Gasteiger partial charge is 0.306 e. The Kier molecular flexibility index (Phi) is 49.6. The molecule has 0 aromatic rings. The van der Waals surface area contributed by atoms with Crippen molar-refractivity contribution in [2.24, 2.45) is 11.8 Å². The molecule has 0 fully saturated rings. The van der Waals surface area contributed by atoms with Crippen LogP contribution in [0.25, 0.3) is 0 Å². The molecule has 0 heterocycles. The summed E-state index contributed by atoms with van der Waals surface area (Å²) in [6.45, 7) is 11.4. The van der Waals surface area contributed by atoms with Crippen molar-refractivity contribution in [2.45, 2.75) is 330 Å². The summed E-state index contributed by atoms with van der Waals surface area (Å²) in [6.07, 6.45) is 53.8. The topological polar surface area (TPSA) is 78.9 Å². The Bertz CT molecular complexity index is 978. The molecule has 0 amide bonds. The van der Waals surface area contributed by atoms with Crippen molar-refractivity contribution < 1.29 is 28.6 Å². The van der Waals surface area contributed by atoms with Crippen molar-refractivity contribution in [2.75, 3.05) is 13.2 Å². The van der Waals surface area contributed by atoms with Crippen molar-refractivity contribution in [3.05, 3.63) is 0 Å². The van der Waals surface area contributed by atoms with Crippen LogP contribution in [0.3, 0.4) is 0 Å². The first-order valence-electron chi connectivity index (χ1n) is 28.7. The van der Waals surface area contributed by atoms with Gasteiger partial charge in [0.1, 0.15) is 13.2 Å². The molecule has 0 saturated carbocycles. The molecule has 0 radical (unpaired) electrons. The number of rotatable bonds is 52. The molecule has 6 nitrogen and oxygen atoms in total. The van der Waals surface area contributed by atoms with E-state index in [1.54, 1.807) is 0 Å². The number of carbonyl (C=O) groups excluding carboxylic acids is 3. The molecule has 1 atom stereocenters. The third kappa shape index (κ3) is 51.4. The minimum absolute atomic E-state index is 0.0628. The van der Waals surface area contributed by atoms with Crippen LogP contribution in [0.2, 0.25) is 0 Å². The van der Waals surface area contributed by atoms with Crippen LogP contribution in [0.5, 0.6) is 0 Å². The van der Waals surface area contributed by atoms with Gasteiger partial charge in [0.2, 0.25) is 0 Å². The Morgan fingerprint density at radius 1 is 0.297 bits per heavy atom. The van der Waals surface area contributed by atoms with E-state index < -0.39 is 6.10 Å². The summed E-state index contributed by atoms with van der Waals surface area (Å²) in [7, 11) is 0. The van der Waals surface area contributed by atoms with Crippen molar-refractivity contribution in [3.63, 3.8) is 0 Å². The SMILES string of the molecule is CCCCCCCCCCCCCCCCCCC(=O)O[C@@H](COC(=O)CCCCCCCCCCCCCCCC(C)C)COC(=O)CCCCCCCCCCCCCC(C)C. The van der Waals surface area contributed by atoms with Gasteiger partial charge in [-0.25, -0.2) is 0 Å². The van der Waals surface area contributed by atoms with Crippen LogP contribution in [-0.4, -0.2) is 37.2 Å². The van der Waals surface area contributed by atoms with Crippen LogP contribution in [0.15, 0.2) is 0 Å². The molecular formula is C58H112O6. The molecule has 64 heavy (non-hydrogen) atoms. The summed E-state index contributed by atoms with van der Waals surface area (Å²) in [6, 6.07) is 0. The maximum absolute atomic E-state index is 12.8. The predicted molar refractivity (Wildman–Crippen MR) is 275 cm³/mol. The van der Waals surface area contributed by atoms with Gasteiger partial charge in [-0.05, 0) is 31.1 Å². The van der Waals surface area contributed by atoms with Crippen molar-refractivity contribution in [1.82, 2.24) is 0 Å². The molecule has 0 rings (SSSR count). The summed E-state index contributed by atoms with van der Waals surface area (Å²) in [5, 5.41) is 0. The number of ether oxygens (including phenoxy) is 3. The van der Waals surface area contributed by atoms with Crippen molar-refractivity contribution >= 4 is 17.9 Å². The van der Waals surface area contributed by atoms with Gasteiger partial charge in [-0.2, -0.15) is 0 Å². The van der Waals surface area contributed by atoms with Crippen LogP contribution in [0, 0.1) is 11.8 Å². The van der Waals surface area contributed by atoms with Gasteiger partial charge in [0.25, 0.3) is 0 Å². The van der Waals surface area contributed by atoms with E-state index in [4.69, 9.17) is 14.2 Å². The van der Waals surface area contributed by atoms with Gasteiger partial charge in [-0.3, -0.25) is 14.4 Å². The summed E-state index contributed by atoms with van der Waals surface area (Å²) in [5.74, 6) is 0.827. The highest BCUT2D eigenvalue weighted by atomic mass is 16.6. The monoisotopic (exact) mass is 905 g/mol. The third-order valence-electron chi connectivity index (χ3n) is 13.2. The average molecular weight is 906 g/mol. The van der Waals surface area contributed by atoms with Crippen molar-refractivity contribution in [1.29, 1.82) is 0 Å². The molecule has 0 aromatic heterocycles. The first-order chi connectivity index (χ1) is 31.2. The van der Waals surface area contributed by atoms with E-state index in [9.17, 15) is 14.4 Å². The lowest BCUT2D eigenvalue weighted by Gasteiger charge is -2.18. The van der Waals surface area contributed by atoms with Gasteiger partial charge in [0.15, 0.2) is 6.10 Å². The average Bonchev–Trinajstić information content (AvgIpc) is 3.27. The molecule has 0 aliphatic carbocycles. The fraction of sp³-hybridized carbons (Fsp3) is 0.948. The maximum atomic E-state index is 12.8. The fourth-order valence-electron chi connectivity index (χ4n) is 8.87. The highest BCUT2D eigenvalue weighted by Gasteiger charge is 2.19. The lowest BCUT2D eigenvalue weighted by Crippen LogP contribution is -2.30. The number of unbranched alkanes of at least 4 members (excludes halogenated alkanes) is 37. The van der Waals surface area contributed by atoms with Gasteiger partial charge < -0.3 is 14.2 Å². The van der Waals surface area contributed by atoms with Crippen LogP contribution >= 0.6 is 0 Å². The van der Waals surface area contributed by atoms with E-state index in [1.165, 1.54) is 212 Å². The van der Waals surface area contributed by atoms with Crippen LogP contribution in [0.4, 0.5) is 0 Å². The number of hydrogen-bond donors (Lipinski definition) is 0. The van der Waals surface area contributed by atoms with Crippen LogP contribution in [-0.2, 0) is 28.6 Å². The Morgan fingerprint density at radius 2 is 0.516 bits per heavy atom. The lowest BCUT2D eigenvalue weighted by atomic mass is 10.0. The highest BCUT2D eigenvalue weighted by molar-refractivity contribution is 5.71.